The first kappa shape index (κ1) is 18.2. The second-order valence-electron chi connectivity index (χ2n) is 7.00. The molecule has 0 saturated carbocycles. The molecule has 0 spiro atoms. The summed E-state index contributed by atoms with van der Waals surface area (Å²) in [6, 6.07) is 4.45. The smallest absolute Gasteiger partial charge is 0.320 e. The van der Waals surface area contributed by atoms with Crippen LogP contribution < -0.4 is 15.4 Å². The van der Waals surface area contributed by atoms with Gasteiger partial charge in [0.05, 0.1) is 6.10 Å². The topological polar surface area (TPSA) is 77.2 Å². The van der Waals surface area contributed by atoms with Crippen LogP contribution in [0.1, 0.15) is 43.5 Å². The predicted octanol–water partition coefficient (Wildman–Crippen LogP) is 3.45. The zero-order chi connectivity index (χ0) is 18.7. The molecule has 0 fully saturated rings. The molecule has 2 aromatic rings. The first-order chi connectivity index (χ1) is 12.5. The van der Waals surface area contributed by atoms with Gasteiger partial charge in [0.2, 0.25) is 0 Å². The fraction of sp³-hybridized carbons (Fsp3) is 0.450. The Kier molecular flexibility index (Phi) is 5.40. The van der Waals surface area contributed by atoms with Gasteiger partial charge in [0.1, 0.15) is 11.6 Å². The summed E-state index contributed by atoms with van der Waals surface area (Å²) in [6.45, 7) is 11.7. The first-order valence-corrected chi connectivity index (χ1v) is 9.12. The highest BCUT2D eigenvalue weighted by atomic mass is 16.5. The number of aromatic nitrogens is 3. The van der Waals surface area contributed by atoms with Gasteiger partial charge in [-0.25, -0.2) is 0 Å². The van der Waals surface area contributed by atoms with E-state index in [1.165, 1.54) is 0 Å². The Morgan fingerprint density at radius 3 is 2.85 bits per heavy atom. The lowest BCUT2D eigenvalue weighted by Gasteiger charge is -2.32. The van der Waals surface area contributed by atoms with Crippen molar-refractivity contribution in [3.05, 3.63) is 47.3 Å². The Labute approximate surface area is 155 Å². The number of aryl methyl sites for hydroxylation is 1. The number of hydrogen-bond acceptors (Lipinski definition) is 6. The summed E-state index contributed by atoms with van der Waals surface area (Å²) in [5, 5.41) is 0. The second kappa shape index (κ2) is 7.72. The lowest BCUT2D eigenvalue weighted by molar-refractivity contribution is 0.192. The van der Waals surface area contributed by atoms with Crippen molar-refractivity contribution in [3.63, 3.8) is 0 Å². The van der Waals surface area contributed by atoms with Crippen LogP contribution in [0.2, 0.25) is 0 Å². The zero-order valence-corrected chi connectivity index (χ0v) is 15.8. The van der Waals surface area contributed by atoms with E-state index < -0.39 is 0 Å². The minimum atomic E-state index is 0.0609. The molecule has 3 rings (SSSR count). The van der Waals surface area contributed by atoms with Crippen molar-refractivity contribution >= 4 is 11.6 Å². The van der Waals surface area contributed by atoms with Gasteiger partial charge < -0.3 is 15.4 Å². The molecular formula is C20H27N5O. The predicted molar refractivity (Wildman–Crippen MR) is 104 cm³/mol. The maximum Gasteiger partial charge on any atom is 0.320 e. The van der Waals surface area contributed by atoms with E-state index in [4.69, 9.17) is 10.5 Å². The quantitative estimate of drug-likeness (QED) is 0.802. The number of ether oxygens (including phenoxy) is 1. The molecule has 3 heterocycles. The molecule has 0 aliphatic carbocycles. The average molecular weight is 353 g/mol. The molecule has 1 atom stereocenters. The summed E-state index contributed by atoms with van der Waals surface area (Å²) in [5.41, 5.74) is 10.4. The minimum absolute atomic E-state index is 0.0609. The number of pyridine rings is 1. The molecule has 2 aromatic heterocycles. The Hall–Kier alpha value is -2.63. The number of nitrogens with zero attached hydrogens (tertiary/aromatic N) is 4. The summed E-state index contributed by atoms with van der Waals surface area (Å²) >= 11 is 0. The van der Waals surface area contributed by atoms with Crippen LogP contribution >= 0.6 is 0 Å². The van der Waals surface area contributed by atoms with E-state index in [1.54, 1.807) is 0 Å². The monoisotopic (exact) mass is 353 g/mol. The van der Waals surface area contributed by atoms with Gasteiger partial charge in [-0.3, -0.25) is 4.98 Å². The molecule has 6 heteroatoms. The zero-order valence-electron chi connectivity index (χ0n) is 15.8. The standard InChI is InChI=1S/C20H27N5O/c1-5-6-15(4)26-20-23-18(21)17-9-13(2)11-25(19(17)24-20)12-16-8-7-14(3)22-10-16/h7-8,10,15H,2,5-6,9,11-12H2,1,3-4H3,(H2,21,23,24). The summed E-state index contributed by atoms with van der Waals surface area (Å²) in [6.07, 6.45) is 4.67. The van der Waals surface area contributed by atoms with E-state index >= 15 is 0 Å². The molecule has 0 bridgehead atoms. The highest BCUT2D eigenvalue weighted by molar-refractivity contribution is 5.62. The number of nitrogens with two attached hydrogens (primary N) is 1. The Morgan fingerprint density at radius 2 is 2.15 bits per heavy atom. The molecule has 1 aliphatic heterocycles. The fourth-order valence-corrected chi connectivity index (χ4v) is 3.19. The van der Waals surface area contributed by atoms with Crippen molar-refractivity contribution in [2.75, 3.05) is 17.2 Å². The van der Waals surface area contributed by atoms with Crippen LogP contribution in [-0.2, 0) is 13.0 Å². The normalized spacial score (nSPS) is 14.9. The van der Waals surface area contributed by atoms with Crippen LogP contribution in [-0.4, -0.2) is 27.6 Å². The summed E-state index contributed by atoms with van der Waals surface area (Å²) in [7, 11) is 0. The third kappa shape index (κ3) is 4.12. The van der Waals surface area contributed by atoms with Crippen molar-refractivity contribution in [3.8, 4) is 6.01 Å². The van der Waals surface area contributed by atoms with Gasteiger partial charge in [-0.15, -0.1) is 0 Å². The van der Waals surface area contributed by atoms with Crippen molar-refractivity contribution in [1.29, 1.82) is 0 Å². The summed E-state index contributed by atoms with van der Waals surface area (Å²) in [5.74, 6) is 1.31. The van der Waals surface area contributed by atoms with Crippen molar-refractivity contribution in [1.82, 2.24) is 15.0 Å². The lowest BCUT2D eigenvalue weighted by atomic mass is 10.0. The van der Waals surface area contributed by atoms with Crippen molar-refractivity contribution in [2.45, 2.75) is 52.7 Å². The minimum Gasteiger partial charge on any atom is -0.460 e. The summed E-state index contributed by atoms with van der Waals surface area (Å²) in [4.78, 5) is 15.6. The maximum absolute atomic E-state index is 6.22. The second-order valence-corrected chi connectivity index (χ2v) is 7.00. The van der Waals surface area contributed by atoms with Gasteiger partial charge in [0.25, 0.3) is 0 Å². The summed E-state index contributed by atoms with van der Waals surface area (Å²) < 4.78 is 5.88. The third-order valence-electron chi connectivity index (χ3n) is 4.49. The molecule has 1 aliphatic rings. The van der Waals surface area contributed by atoms with E-state index in [9.17, 15) is 0 Å². The SMILES string of the molecule is C=C1Cc2c(N)nc(OC(C)CCC)nc2N(Cc2ccc(C)nc2)C1. The van der Waals surface area contributed by atoms with Gasteiger partial charge in [-0.1, -0.05) is 31.6 Å². The number of rotatable bonds is 6. The van der Waals surface area contributed by atoms with E-state index in [-0.39, 0.29) is 6.10 Å². The third-order valence-corrected chi connectivity index (χ3v) is 4.49. The van der Waals surface area contributed by atoms with Gasteiger partial charge >= 0.3 is 6.01 Å². The molecule has 2 N–H and O–H groups in total. The largest absolute Gasteiger partial charge is 0.460 e. The highest BCUT2D eigenvalue weighted by Gasteiger charge is 2.25. The maximum atomic E-state index is 6.22. The van der Waals surface area contributed by atoms with Gasteiger partial charge in [0.15, 0.2) is 0 Å². The van der Waals surface area contributed by atoms with Crippen molar-refractivity contribution in [2.24, 2.45) is 0 Å². The van der Waals surface area contributed by atoms with Crippen LogP contribution in [0.3, 0.4) is 0 Å². The highest BCUT2D eigenvalue weighted by Crippen LogP contribution is 2.33. The van der Waals surface area contributed by atoms with E-state index in [1.807, 2.05) is 26.1 Å². The lowest BCUT2D eigenvalue weighted by Crippen LogP contribution is -2.32. The van der Waals surface area contributed by atoms with Gasteiger partial charge in [-0.2, -0.15) is 9.97 Å². The number of nitrogen functional groups attached to an aromatic ring is 1. The molecule has 0 radical (unpaired) electrons. The number of anilines is 2. The Bertz CT molecular complexity index is 788. The number of fused-ring (bicyclic) bond motifs is 1. The molecule has 0 saturated heterocycles. The van der Waals surface area contributed by atoms with E-state index in [2.05, 4.69) is 39.4 Å². The molecule has 138 valence electrons. The van der Waals surface area contributed by atoms with Crippen LogP contribution in [0.15, 0.2) is 30.5 Å². The van der Waals surface area contributed by atoms with E-state index in [0.717, 1.165) is 47.6 Å². The molecular weight excluding hydrogens is 326 g/mol. The average Bonchev–Trinajstić information content (AvgIpc) is 2.58. The molecule has 1 unspecified atom stereocenters. The molecule has 26 heavy (non-hydrogen) atoms. The fourth-order valence-electron chi connectivity index (χ4n) is 3.19. The van der Waals surface area contributed by atoms with Crippen molar-refractivity contribution < 1.29 is 4.74 Å². The first-order valence-electron chi connectivity index (χ1n) is 9.12. The van der Waals surface area contributed by atoms with Gasteiger partial charge in [0, 0.05) is 37.0 Å². The Morgan fingerprint density at radius 1 is 1.35 bits per heavy atom. The Balaban J connectivity index is 1.90. The molecule has 0 aromatic carbocycles. The van der Waals surface area contributed by atoms with E-state index in [0.29, 0.717) is 24.8 Å². The van der Waals surface area contributed by atoms with Crippen LogP contribution in [0.25, 0.3) is 0 Å². The van der Waals surface area contributed by atoms with Gasteiger partial charge in [-0.05, 0) is 31.9 Å². The number of hydrogen-bond donors (Lipinski definition) is 1. The molecule has 6 nitrogen and oxygen atoms in total. The molecule has 0 amide bonds. The van der Waals surface area contributed by atoms with Crippen LogP contribution in [0.5, 0.6) is 6.01 Å². The van der Waals surface area contributed by atoms with Crippen LogP contribution in [0, 0.1) is 6.92 Å². The van der Waals surface area contributed by atoms with Crippen LogP contribution in [0.4, 0.5) is 11.6 Å².